The van der Waals surface area contributed by atoms with Gasteiger partial charge in [0.2, 0.25) is 0 Å². The number of halogens is 9. The lowest BCUT2D eigenvalue weighted by atomic mass is 9.79. The van der Waals surface area contributed by atoms with Crippen LogP contribution in [0.3, 0.4) is 0 Å². The van der Waals surface area contributed by atoms with E-state index in [1.54, 1.807) is 0 Å². The molecule has 10 heteroatoms. The zero-order valence-electron chi connectivity index (χ0n) is 15.9. The predicted octanol–water partition coefficient (Wildman–Crippen LogP) is 6.96. The average molecular weight is 443 g/mol. The van der Waals surface area contributed by atoms with E-state index in [9.17, 15) is 35.1 Å². The molecule has 2 rings (SSSR count). The largest absolute Gasteiger partial charge is 0.496 e. The van der Waals surface area contributed by atoms with Crippen LogP contribution in [0.25, 0.3) is 11.1 Å². The molecule has 1 unspecified atom stereocenters. The maximum atomic E-state index is 15.3. The highest BCUT2D eigenvalue weighted by atomic mass is 19.4. The Balaban J connectivity index is 3.10. The second-order valence-corrected chi connectivity index (χ2v) is 6.50. The third-order valence-electron chi connectivity index (χ3n) is 4.56. The molecule has 1 nitrogen and oxygen atoms in total. The molecule has 0 aliphatic carbocycles. The van der Waals surface area contributed by atoms with Gasteiger partial charge in [0.05, 0.1) is 7.11 Å². The molecule has 165 valence electrons. The third kappa shape index (κ3) is 3.60. The van der Waals surface area contributed by atoms with Crippen LogP contribution in [0.4, 0.5) is 39.5 Å². The van der Waals surface area contributed by atoms with E-state index < -0.39 is 35.1 Å². The smallest absolute Gasteiger partial charge is 0.457 e. The summed E-state index contributed by atoms with van der Waals surface area (Å²) in [7, 11) is 1.12. The van der Waals surface area contributed by atoms with E-state index in [-0.39, 0.29) is 28.9 Å². The first-order valence-electron chi connectivity index (χ1n) is 8.53. The molecular weight excluding hydrogens is 427 g/mol. The van der Waals surface area contributed by atoms with Crippen molar-refractivity contribution in [3.63, 3.8) is 0 Å². The van der Waals surface area contributed by atoms with Gasteiger partial charge in [-0.15, -0.1) is 0 Å². The Hall–Kier alpha value is -2.39. The minimum atomic E-state index is -6.81. The van der Waals surface area contributed by atoms with Crippen LogP contribution < -0.4 is 4.74 Å². The summed E-state index contributed by atoms with van der Waals surface area (Å²) in [5.74, 6) is -6.90. The van der Waals surface area contributed by atoms with Crippen molar-refractivity contribution in [2.45, 2.75) is 44.2 Å². The van der Waals surface area contributed by atoms with Crippen molar-refractivity contribution < 1.29 is 44.3 Å². The van der Waals surface area contributed by atoms with Crippen molar-refractivity contribution >= 4 is 0 Å². The first-order valence-corrected chi connectivity index (χ1v) is 8.53. The van der Waals surface area contributed by atoms with Crippen molar-refractivity contribution in [2.24, 2.45) is 0 Å². The summed E-state index contributed by atoms with van der Waals surface area (Å²) in [5.41, 5.74) is -9.35. The number of aryl methyl sites for hydroxylation is 2. The molecule has 0 saturated heterocycles. The quantitative estimate of drug-likeness (QED) is 0.454. The Bertz CT molecular complexity index is 915. The fourth-order valence-electron chi connectivity index (χ4n) is 3.18. The summed E-state index contributed by atoms with van der Waals surface area (Å²) in [6, 6.07) is 8.03. The number of para-hydroxylation sites is 1. The summed E-state index contributed by atoms with van der Waals surface area (Å²) in [6.45, 7) is 2.54. The number of ether oxygens (including phenoxy) is 1. The predicted molar refractivity (Wildman–Crippen MR) is 91.2 cm³/mol. The maximum absolute atomic E-state index is 15.3. The van der Waals surface area contributed by atoms with E-state index in [0.717, 1.165) is 20.1 Å². The van der Waals surface area contributed by atoms with Gasteiger partial charge in [-0.05, 0) is 42.2 Å². The monoisotopic (exact) mass is 443 g/mol. The molecule has 2 aromatic carbocycles. The summed E-state index contributed by atoms with van der Waals surface area (Å²) < 4.78 is 129. The Morgan fingerprint density at radius 2 is 1.47 bits per heavy atom. The molecule has 0 aliphatic heterocycles. The Labute approximate surface area is 166 Å². The van der Waals surface area contributed by atoms with E-state index in [2.05, 4.69) is 6.07 Å². The van der Waals surface area contributed by atoms with E-state index in [1.807, 2.05) is 0 Å². The molecule has 0 amide bonds. The first kappa shape index (κ1) is 23.9. The van der Waals surface area contributed by atoms with Gasteiger partial charge in [-0.2, -0.15) is 35.1 Å². The Morgan fingerprint density at radius 3 is 1.93 bits per heavy atom. The number of hydrogen-bond acceptors (Lipinski definition) is 1. The van der Waals surface area contributed by atoms with Crippen LogP contribution >= 0.6 is 0 Å². The van der Waals surface area contributed by atoms with Crippen LogP contribution in [0.2, 0.25) is 0 Å². The van der Waals surface area contributed by atoms with Crippen molar-refractivity contribution in [1.82, 2.24) is 0 Å². The minimum absolute atomic E-state index is 0.117. The van der Waals surface area contributed by atoms with Gasteiger partial charge in [0, 0.05) is 11.1 Å². The van der Waals surface area contributed by atoms with Gasteiger partial charge in [-0.3, -0.25) is 0 Å². The fraction of sp³-hybridized carbons (Fsp3) is 0.400. The van der Waals surface area contributed by atoms with Crippen LogP contribution in [0, 0.1) is 13.0 Å². The van der Waals surface area contributed by atoms with Gasteiger partial charge >= 0.3 is 23.9 Å². The molecule has 2 aromatic rings. The van der Waals surface area contributed by atoms with Crippen LogP contribution in [0.1, 0.15) is 23.6 Å². The van der Waals surface area contributed by atoms with E-state index in [4.69, 9.17) is 4.74 Å². The number of methoxy groups -OCH3 is 1. The van der Waals surface area contributed by atoms with Crippen LogP contribution in [-0.4, -0.2) is 25.4 Å². The van der Waals surface area contributed by atoms with Crippen LogP contribution in [-0.2, 0) is 12.1 Å². The fourth-order valence-corrected chi connectivity index (χ4v) is 3.18. The van der Waals surface area contributed by atoms with Gasteiger partial charge in [0.1, 0.15) is 5.75 Å². The van der Waals surface area contributed by atoms with Crippen molar-refractivity contribution in [3.8, 4) is 16.9 Å². The molecule has 0 fully saturated rings. The highest BCUT2D eigenvalue weighted by Gasteiger charge is 2.82. The molecular formula is C20H16F9O. The summed E-state index contributed by atoms with van der Waals surface area (Å²) in [4.78, 5) is 0. The second-order valence-electron chi connectivity index (χ2n) is 6.50. The molecule has 1 radical (unpaired) electrons. The molecule has 0 heterocycles. The van der Waals surface area contributed by atoms with Crippen LogP contribution in [0.5, 0.6) is 5.75 Å². The molecule has 0 N–H and O–H groups in total. The molecule has 0 bridgehead atoms. The Morgan fingerprint density at radius 1 is 0.900 bits per heavy atom. The number of hydrogen-bond donors (Lipinski definition) is 0. The number of rotatable bonds is 5. The van der Waals surface area contributed by atoms with Crippen molar-refractivity contribution in [1.29, 1.82) is 0 Å². The third-order valence-corrected chi connectivity index (χ3v) is 4.56. The zero-order chi connectivity index (χ0) is 23.1. The van der Waals surface area contributed by atoms with Gasteiger partial charge < -0.3 is 4.74 Å². The SMILES string of the molecule is CCc1[c]c(C)cc(C(F)(C(F)(F)F)C(F)(F)C(F)(F)F)c1-c1ccccc1OC. The lowest BCUT2D eigenvalue weighted by Crippen LogP contribution is -2.60. The molecule has 0 saturated carbocycles. The molecule has 1 atom stereocenters. The van der Waals surface area contributed by atoms with Gasteiger partial charge in [-0.25, -0.2) is 4.39 Å². The Kier molecular flexibility index (Phi) is 6.13. The maximum Gasteiger partial charge on any atom is 0.457 e. The minimum Gasteiger partial charge on any atom is -0.496 e. The van der Waals surface area contributed by atoms with E-state index in [1.165, 1.54) is 25.1 Å². The second kappa shape index (κ2) is 7.70. The number of alkyl halides is 9. The van der Waals surface area contributed by atoms with E-state index in [0.29, 0.717) is 6.07 Å². The van der Waals surface area contributed by atoms with Gasteiger partial charge in [0.15, 0.2) is 0 Å². The summed E-state index contributed by atoms with van der Waals surface area (Å²) in [6.07, 6.45) is -13.5. The highest BCUT2D eigenvalue weighted by molar-refractivity contribution is 5.78. The summed E-state index contributed by atoms with van der Waals surface area (Å²) >= 11 is 0. The van der Waals surface area contributed by atoms with Crippen molar-refractivity contribution in [3.05, 3.63) is 53.1 Å². The van der Waals surface area contributed by atoms with Gasteiger partial charge in [-0.1, -0.05) is 31.2 Å². The lowest BCUT2D eigenvalue weighted by Gasteiger charge is -2.38. The number of benzene rings is 2. The van der Waals surface area contributed by atoms with Crippen molar-refractivity contribution in [2.75, 3.05) is 7.11 Å². The van der Waals surface area contributed by atoms with Crippen LogP contribution in [0.15, 0.2) is 30.3 Å². The normalized spacial score (nSPS) is 15.1. The highest BCUT2D eigenvalue weighted by Crippen LogP contribution is 2.60. The summed E-state index contributed by atoms with van der Waals surface area (Å²) in [5, 5.41) is 0. The molecule has 30 heavy (non-hydrogen) atoms. The molecule has 0 spiro atoms. The van der Waals surface area contributed by atoms with E-state index >= 15 is 4.39 Å². The topological polar surface area (TPSA) is 9.23 Å². The lowest BCUT2D eigenvalue weighted by molar-refractivity contribution is -0.389. The van der Waals surface area contributed by atoms with Gasteiger partial charge in [0.25, 0.3) is 0 Å². The zero-order valence-corrected chi connectivity index (χ0v) is 15.9. The average Bonchev–Trinajstić information content (AvgIpc) is 2.64. The molecule has 0 aliphatic rings. The molecule has 0 aromatic heterocycles. The first-order chi connectivity index (χ1) is 13.6. The standard InChI is InChI=1S/C20H16F9O/c1-4-12-9-11(2)10-14(16(12)13-7-5-6-8-15(13)30-3)17(21,19(24,25)26)18(22,23)20(27,28)29/h5-8,10H,4H2,1-3H3.